The van der Waals surface area contributed by atoms with Crippen LogP contribution in [-0.4, -0.2) is 15.7 Å². The van der Waals surface area contributed by atoms with Crippen LogP contribution in [0.1, 0.15) is 20.9 Å². The Morgan fingerprint density at radius 2 is 1.76 bits per heavy atom. The molecule has 0 aliphatic carbocycles. The van der Waals surface area contributed by atoms with Crippen molar-refractivity contribution in [1.29, 1.82) is 0 Å². The SMILES string of the molecule is Cc1ccc(NC(=O)c2cc3c(C)nn(-c4ccccc4)c3s2)cc1. The van der Waals surface area contributed by atoms with Crippen LogP contribution >= 0.6 is 11.3 Å². The Morgan fingerprint density at radius 3 is 2.48 bits per heavy atom. The Hall–Kier alpha value is -2.92. The van der Waals surface area contributed by atoms with Gasteiger partial charge in [-0.2, -0.15) is 5.10 Å². The van der Waals surface area contributed by atoms with Gasteiger partial charge in [-0.3, -0.25) is 4.79 Å². The topological polar surface area (TPSA) is 46.9 Å². The zero-order valence-electron chi connectivity index (χ0n) is 14.0. The van der Waals surface area contributed by atoms with Crippen LogP contribution in [0.4, 0.5) is 5.69 Å². The molecule has 124 valence electrons. The maximum absolute atomic E-state index is 12.6. The summed E-state index contributed by atoms with van der Waals surface area (Å²) in [5, 5.41) is 8.58. The number of carbonyl (C=O) groups excluding carboxylic acids is 1. The normalized spacial score (nSPS) is 11.0. The first kappa shape index (κ1) is 15.6. The van der Waals surface area contributed by atoms with Gasteiger partial charge in [0.15, 0.2) is 0 Å². The standard InChI is InChI=1S/C20H17N3OS/c1-13-8-10-15(11-9-13)21-19(24)18-12-17-14(2)22-23(20(17)25-18)16-6-4-3-5-7-16/h3-12H,1-2H3,(H,21,24). The minimum Gasteiger partial charge on any atom is -0.321 e. The lowest BCUT2D eigenvalue weighted by Crippen LogP contribution is -2.10. The minimum atomic E-state index is -0.0935. The first-order valence-electron chi connectivity index (χ1n) is 8.04. The fourth-order valence-electron chi connectivity index (χ4n) is 2.73. The number of para-hydroxylation sites is 1. The average molecular weight is 347 g/mol. The molecule has 1 N–H and O–H groups in total. The lowest BCUT2D eigenvalue weighted by molar-refractivity contribution is 0.103. The number of nitrogens with one attached hydrogen (secondary N) is 1. The van der Waals surface area contributed by atoms with Crippen molar-refractivity contribution in [2.45, 2.75) is 13.8 Å². The third-order valence-corrected chi connectivity index (χ3v) is 5.19. The van der Waals surface area contributed by atoms with Crippen LogP contribution in [0.3, 0.4) is 0 Å². The molecule has 25 heavy (non-hydrogen) atoms. The largest absolute Gasteiger partial charge is 0.321 e. The summed E-state index contributed by atoms with van der Waals surface area (Å²) < 4.78 is 1.90. The van der Waals surface area contributed by atoms with Gasteiger partial charge < -0.3 is 5.32 Å². The number of anilines is 1. The molecule has 0 saturated heterocycles. The number of benzene rings is 2. The molecule has 0 unspecified atom stereocenters. The van der Waals surface area contributed by atoms with E-state index >= 15 is 0 Å². The molecule has 2 aromatic heterocycles. The van der Waals surface area contributed by atoms with E-state index in [-0.39, 0.29) is 5.91 Å². The van der Waals surface area contributed by atoms with Gasteiger partial charge in [-0.25, -0.2) is 4.68 Å². The van der Waals surface area contributed by atoms with Gasteiger partial charge in [-0.05, 0) is 44.2 Å². The smallest absolute Gasteiger partial charge is 0.265 e. The van der Waals surface area contributed by atoms with E-state index in [2.05, 4.69) is 10.4 Å². The summed E-state index contributed by atoms with van der Waals surface area (Å²) in [5.41, 5.74) is 3.88. The highest BCUT2D eigenvalue weighted by Crippen LogP contribution is 2.30. The fourth-order valence-corrected chi connectivity index (χ4v) is 3.81. The summed E-state index contributed by atoms with van der Waals surface area (Å²) >= 11 is 1.46. The molecular formula is C20H17N3OS. The van der Waals surface area contributed by atoms with Gasteiger partial charge in [-0.15, -0.1) is 11.3 Å². The lowest BCUT2D eigenvalue weighted by Gasteiger charge is -2.04. The number of nitrogens with zero attached hydrogens (tertiary/aromatic N) is 2. The molecular weight excluding hydrogens is 330 g/mol. The molecule has 0 aliphatic rings. The molecule has 4 rings (SSSR count). The summed E-state index contributed by atoms with van der Waals surface area (Å²) in [4.78, 5) is 14.3. The molecule has 0 atom stereocenters. The molecule has 2 aromatic carbocycles. The predicted molar refractivity (Wildman–Crippen MR) is 103 cm³/mol. The number of aromatic nitrogens is 2. The van der Waals surface area contributed by atoms with Crippen LogP contribution in [-0.2, 0) is 0 Å². The molecule has 5 heteroatoms. The molecule has 4 nitrogen and oxygen atoms in total. The van der Waals surface area contributed by atoms with Crippen molar-refractivity contribution in [3.05, 3.63) is 76.8 Å². The van der Waals surface area contributed by atoms with Gasteiger partial charge in [0.25, 0.3) is 5.91 Å². The van der Waals surface area contributed by atoms with Crippen LogP contribution in [0.15, 0.2) is 60.7 Å². The van der Waals surface area contributed by atoms with Crippen molar-refractivity contribution in [3.63, 3.8) is 0 Å². The summed E-state index contributed by atoms with van der Waals surface area (Å²) in [6.07, 6.45) is 0. The monoisotopic (exact) mass is 347 g/mol. The second kappa shape index (κ2) is 6.18. The number of thiophene rings is 1. The van der Waals surface area contributed by atoms with Gasteiger partial charge >= 0.3 is 0 Å². The summed E-state index contributed by atoms with van der Waals surface area (Å²) in [7, 11) is 0. The van der Waals surface area contributed by atoms with E-state index in [4.69, 9.17) is 0 Å². The Morgan fingerprint density at radius 1 is 1.04 bits per heavy atom. The number of fused-ring (bicyclic) bond motifs is 1. The van der Waals surface area contributed by atoms with E-state index in [1.54, 1.807) is 0 Å². The lowest BCUT2D eigenvalue weighted by atomic mass is 10.2. The molecule has 1 amide bonds. The van der Waals surface area contributed by atoms with E-state index in [9.17, 15) is 4.79 Å². The van der Waals surface area contributed by atoms with Gasteiger partial charge in [0.2, 0.25) is 0 Å². The number of rotatable bonds is 3. The quantitative estimate of drug-likeness (QED) is 0.569. The van der Waals surface area contributed by atoms with Crippen molar-refractivity contribution in [2.24, 2.45) is 0 Å². The van der Waals surface area contributed by atoms with Gasteiger partial charge in [0.05, 0.1) is 16.3 Å². The molecule has 0 aliphatic heterocycles. The summed E-state index contributed by atoms with van der Waals surface area (Å²) in [6, 6.07) is 19.7. The van der Waals surface area contributed by atoms with Crippen LogP contribution in [0.25, 0.3) is 15.9 Å². The predicted octanol–water partition coefficient (Wildman–Crippen LogP) is 4.96. The van der Waals surface area contributed by atoms with E-state index in [1.807, 2.05) is 79.2 Å². The van der Waals surface area contributed by atoms with E-state index < -0.39 is 0 Å². The molecule has 0 bridgehead atoms. The second-order valence-electron chi connectivity index (χ2n) is 5.98. The van der Waals surface area contributed by atoms with E-state index in [1.165, 1.54) is 16.9 Å². The van der Waals surface area contributed by atoms with Gasteiger partial charge in [0.1, 0.15) is 4.83 Å². The van der Waals surface area contributed by atoms with Crippen molar-refractivity contribution in [2.75, 3.05) is 5.32 Å². The van der Waals surface area contributed by atoms with Crippen molar-refractivity contribution in [3.8, 4) is 5.69 Å². The molecule has 0 saturated carbocycles. The Balaban J connectivity index is 1.69. The van der Waals surface area contributed by atoms with Gasteiger partial charge in [-0.1, -0.05) is 35.9 Å². The maximum Gasteiger partial charge on any atom is 0.265 e. The molecule has 0 radical (unpaired) electrons. The highest BCUT2D eigenvalue weighted by atomic mass is 32.1. The highest BCUT2D eigenvalue weighted by molar-refractivity contribution is 7.20. The van der Waals surface area contributed by atoms with Crippen molar-refractivity contribution in [1.82, 2.24) is 9.78 Å². The Bertz CT molecular complexity index is 1050. The molecule has 2 heterocycles. The zero-order chi connectivity index (χ0) is 17.4. The van der Waals surface area contributed by atoms with Crippen LogP contribution in [0.5, 0.6) is 0 Å². The zero-order valence-corrected chi connectivity index (χ0v) is 14.8. The number of aryl methyl sites for hydroxylation is 2. The number of hydrogen-bond donors (Lipinski definition) is 1. The Kier molecular flexibility index (Phi) is 3.86. The molecule has 0 fully saturated rings. The van der Waals surface area contributed by atoms with Crippen LogP contribution < -0.4 is 5.32 Å². The van der Waals surface area contributed by atoms with Crippen LogP contribution in [0.2, 0.25) is 0 Å². The van der Waals surface area contributed by atoms with E-state index in [0.717, 1.165) is 27.3 Å². The number of carbonyl (C=O) groups is 1. The maximum atomic E-state index is 12.6. The average Bonchev–Trinajstić information content (AvgIpc) is 3.19. The third kappa shape index (κ3) is 2.94. The van der Waals surface area contributed by atoms with Gasteiger partial charge in [0, 0.05) is 11.1 Å². The first-order valence-corrected chi connectivity index (χ1v) is 8.86. The second-order valence-corrected chi connectivity index (χ2v) is 7.01. The first-order chi connectivity index (χ1) is 12.1. The fraction of sp³-hybridized carbons (Fsp3) is 0.100. The van der Waals surface area contributed by atoms with Crippen molar-refractivity contribution < 1.29 is 4.79 Å². The minimum absolute atomic E-state index is 0.0935. The number of amides is 1. The summed E-state index contributed by atoms with van der Waals surface area (Å²) in [6.45, 7) is 3.99. The number of hydrogen-bond acceptors (Lipinski definition) is 3. The highest BCUT2D eigenvalue weighted by Gasteiger charge is 2.17. The van der Waals surface area contributed by atoms with Crippen LogP contribution in [0, 0.1) is 13.8 Å². The van der Waals surface area contributed by atoms with E-state index in [0.29, 0.717) is 4.88 Å². The Labute approximate surface area is 149 Å². The third-order valence-electron chi connectivity index (χ3n) is 4.08. The summed E-state index contributed by atoms with van der Waals surface area (Å²) in [5.74, 6) is -0.0935. The molecule has 0 spiro atoms. The van der Waals surface area contributed by atoms with Crippen molar-refractivity contribution >= 4 is 33.1 Å². The molecule has 4 aromatic rings.